The molecule has 2 N–H and O–H groups in total. The van der Waals surface area contributed by atoms with Crippen LogP contribution < -0.4 is 10.1 Å². The molecule has 3 rings (SSSR count). The van der Waals surface area contributed by atoms with Gasteiger partial charge in [0, 0.05) is 24.1 Å². The van der Waals surface area contributed by atoms with Crippen LogP contribution in [-0.2, 0) is 0 Å². The summed E-state index contributed by atoms with van der Waals surface area (Å²) in [5.41, 5.74) is 0.618. The minimum absolute atomic E-state index is 0.0649. The molecular weight excluding hydrogens is 266 g/mol. The molecule has 2 aliphatic rings. The third-order valence-corrected chi connectivity index (χ3v) is 4.66. The first-order chi connectivity index (χ1) is 10.2. The molecular formula is C17H23NO3. The molecule has 2 aliphatic carbocycles. The SMILES string of the molecule is COc1cccc(C(=O)N[C@H](C2CC2)[C@@H](CO)C2CC2)c1. The second kappa shape index (κ2) is 6.06. The van der Waals surface area contributed by atoms with Crippen molar-refractivity contribution in [2.45, 2.75) is 31.7 Å². The van der Waals surface area contributed by atoms with Crippen molar-refractivity contribution in [3.05, 3.63) is 29.8 Å². The van der Waals surface area contributed by atoms with E-state index in [-0.39, 0.29) is 24.5 Å². The molecule has 114 valence electrons. The van der Waals surface area contributed by atoms with Crippen molar-refractivity contribution >= 4 is 5.91 Å². The number of methoxy groups -OCH3 is 1. The molecule has 2 fully saturated rings. The summed E-state index contributed by atoms with van der Waals surface area (Å²) in [6.07, 6.45) is 4.69. The molecule has 0 aromatic heterocycles. The highest BCUT2D eigenvalue weighted by Crippen LogP contribution is 2.45. The lowest BCUT2D eigenvalue weighted by Crippen LogP contribution is -2.44. The van der Waals surface area contributed by atoms with Gasteiger partial charge in [0.1, 0.15) is 5.75 Å². The maximum atomic E-state index is 12.5. The van der Waals surface area contributed by atoms with Crippen LogP contribution in [0.3, 0.4) is 0 Å². The number of hydrogen-bond acceptors (Lipinski definition) is 3. The Hall–Kier alpha value is -1.55. The minimum atomic E-state index is -0.0649. The number of benzene rings is 1. The third-order valence-electron chi connectivity index (χ3n) is 4.66. The second-order valence-electron chi connectivity index (χ2n) is 6.25. The van der Waals surface area contributed by atoms with Gasteiger partial charge >= 0.3 is 0 Å². The number of aliphatic hydroxyl groups is 1. The monoisotopic (exact) mass is 289 g/mol. The maximum Gasteiger partial charge on any atom is 0.251 e. The number of nitrogens with one attached hydrogen (secondary N) is 1. The van der Waals surface area contributed by atoms with E-state index in [4.69, 9.17) is 4.74 Å². The number of rotatable bonds is 7. The fraction of sp³-hybridized carbons (Fsp3) is 0.588. The first kappa shape index (κ1) is 14.4. The van der Waals surface area contributed by atoms with E-state index in [1.165, 1.54) is 12.8 Å². The Balaban J connectivity index is 1.71. The quantitative estimate of drug-likeness (QED) is 0.809. The van der Waals surface area contributed by atoms with Gasteiger partial charge in [-0.15, -0.1) is 0 Å². The van der Waals surface area contributed by atoms with Crippen molar-refractivity contribution in [1.29, 1.82) is 0 Å². The predicted molar refractivity (Wildman–Crippen MR) is 80.3 cm³/mol. The summed E-state index contributed by atoms with van der Waals surface area (Å²) in [6.45, 7) is 0.171. The number of carbonyl (C=O) groups excluding carboxylic acids is 1. The largest absolute Gasteiger partial charge is 0.497 e. The van der Waals surface area contributed by atoms with Gasteiger partial charge in [0.2, 0.25) is 0 Å². The van der Waals surface area contributed by atoms with Crippen LogP contribution in [0, 0.1) is 17.8 Å². The number of hydrogen-bond donors (Lipinski definition) is 2. The van der Waals surface area contributed by atoms with Gasteiger partial charge in [-0.05, 0) is 55.7 Å². The number of amides is 1. The summed E-state index contributed by atoms with van der Waals surface area (Å²) >= 11 is 0. The number of carbonyl (C=O) groups is 1. The lowest BCUT2D eigenvalue weighted by Gasteiger charge is -2.27. The maximum absolute atomic E-state index is 12.5. The van der Waals surface area contributed by atoms with Crippen LogP contribution in [0.4, 0.5) is 0 Å². The van der Waals surface area contributed by atoms with Crippen molar-refractivity contribution in [1.82, 2.24) is 5.32 Å². The average Bonchev–Trinajstić information content (AvgIpc) is 3.39. The molecule has 1 amide bonds. The first-order valence-electron chi connectivity index (χ1n) is 7.78. The minimum Gasteiger partial charge on any atom is -0.497 e. The molecule has 21 heavy (non-hydrogen) atoms. The van der Waals surface area contributed by atoms with Gasteiger partial charge < -0.3 is 15.2 Å². The van der Waals surface area contributed by atoms with Crippen molar-refractivity contribution in [3.8, 4) is 5.75 Å². The lowest BCUT2D eigenvalue weighted by atomic mass is 9.91. The summed E-state index contributed by atoms with van der Waals surface area (Å²) in [6, 6.07) is 7.32. The van der Waals surface area contributed by atoms with Gasteiger partial charge in [-0.25, -0.2) is 0 Å². The highest BCUT2D eigenvalue weighted by Gasteiger charge is 2.43. The van der Waals surface area contributed by atoms with E-state index in [0.717, 1.165) is 12.8 Å². The van der Waals surface area contributed by atoms with Gasteiger partial charge in [-0.1, -0.05) is 6.07 Å². The zero-order chi connectivity index (χ0) is 14.8. The van der Waals surface area contributed by atoms with Crippen molar-refractivity contribution in [3.63, 3.8) is 0 Å². The van der Waals surface area contributed by atoms with Crippen molar-refractivity contribution in [2.24, 2.45) is 17.8 Å². The Bertz CT molecular complexity index is 509. The van der Waals surface area contributed by atoms with Crippen LogP contribution in [0.25, 0.3) is 0 Å². The molecule has 0 heterocycles. The first-order valence-corrected chi connectivity index (χ1v) is 7.78. The van der Waals surface area contributed by atoms with Crippen LogP contribution >= 0.6 is 0 Å². The van der Waals surface area contributed by atoms with Crippen LogP contribution in [0.15, 0.2) is 24.3 Å². The molecule has 2 atom stereocenters. The smallest absolute Gasteiger partial charge is 0.251 e. The molecule has 0 saturated heterocycles. The Morgan fingerprint density at radius 3 is 2.62 bits per heavy atom. The number of ether oxygens (including phenoxy) is 1. The second-order valence-corrected chi connectivity index (χ2v) is 6.25. The van der Waals surface area contributed by atoms with E-state index in [1.807, 2.05) is 12.1 Å². The topological polar surface area (TPSA) is 58.6 Å². The van der Waals surface area contributed by atoms with Gasteiger partial charge in [0.15, 0.2) is 0 Å². The molecule has 0 unspecified atom stereocenters. The van der Waals surface area contributed by atoms with E-state index < -0.39 is 0 Å². The third kappa shape index (κ3) is 3.38. The fourth-order valence-electron chi connectivity index (χ4n) is 3.11. The Morgan fingerprint density at radius 1 is 1.33 bits per heavy atom. The molecule has 1 aromatic carbocycles. The lowest BCUT2D eigenvalue weighted by molar-refractivity contribution is 0.0878. The fourth-order valence-corrected chi connectivity index (χ4v) is 3.11. The highest BCUT2D eigenvalue weighted by atomic mass is 16.5. The standard InChI is InChI=1S/C17H23NO3/c1-21-14-4-2-3-13(9-14)17(20)18-16(12-7-8-12)15(10-19)11-5-6-11/h2-4,9,11-12,15-16,19H,5-8,10H2,1H3,(H,18,20)/t15-,16+/m0/s1. The van der Waals surface area contributed by atoms with Crippen LogP contribution in [0.1, 0.15) is 36.0 Å². The summed E-state index contributed by atoms with van der Waals surface area (Å²) < 4.78 is 5.17. The average molecular weight is 289 g/mol. The molecule has 0 radical (unpaired) electrons. The predicted octanol–water partition coefficient (Wildman–Crippen LogP) is 2.22. The molecule has 0 bridgehead atoms. The molecule has 4 nitrogen and oxygen atoms in total. The van der Waals surface area contributed by atoms with Gasteiger partial charge in [-0.3, -0.25) is 4.79 Å². The highest BCUT2D eigenvalue weighted by molar-refractivity contribution is 5.94. The van der Waals surface area contributed by atoms with Crippen molar-refractivity contribution in [2.75, 3.05) is 13.7 Å². The summed E-state index contributed by atoms with van der Waals surface area (Å²) in [4.78, 5) is 12.5. The Labute approximate surface area is 125 Å². The van der Waals surface area contributed by atoms with Crippen LogP contribution in [-0.4, -0.2) is 30.8 Å². The summed E-state index contributed by atoms with van der Waals surface area (Å²) in [5.74, 6) is 1.96. The molecule has 0 aliphatic heterocycles. The zero-order valence-electron chi connectivity index (χ0n) is 12.4. The van der Waals surface area contributed by atoms with Crippen LogP contribution in [0.5, 0.6) is 5.75 Å². The zero-order valence-corrected chi connectivity index (χ0v) is 12.4. The normalized spacial score (nSPS) is 20.7. The summed E-state index contributed by atoms with van der Waals surface area (Å²) in [7, 11) is 1.60. The molecule has 2 saturated carbocycles. The summed E-state index contributed by atoms with van der Waals surface area (Å²) in [5, 5.41) is 12.8. The molecule has 4 heteroatoms. The Morgan fingerprint density at radius 2 is 2.05 bits per heavy atom. The van der Waals surface area contributed by atoms with Gasteiger partial charge in [-0.2, -0.15) is 0 Å². The number of aliphatic hydroxyl groups excluding tert-OH is 1. The van der Waals surface area contributed by atoms with E-state index >= 15 is 0 Å². The van der Waals surface area contributed by atoms with Crippen LogP contribution in [0.2, 0.25) is 0 Å². The molecule has 0 spiro atoms. The van der Waals surface area contributed by atoms with Crippen molar-refractivity contribution < 1.29 is 14.6 Å². The van der Waals surface area contributed by atoms with E-state index in [9.17, 15) is 9.90 Å². The van der Waals surface area contributed by atoms with Gasteiger partial charge in [0.05, 0.1) is 7.11 Å². The van der Waals surface area contributed by atoms with E-state index in [0.29, 0.717) is 23.1 Å². The molecule has 1 aromatic rings. The van der Waals surface area contributed by atoms with E-state index in [1.54, 1.807) is 19.2 Å². The van der Waals surface area contributed by atoms with E-state index in [2.05, 4.69) is 5.32 Å². The van der Waals surface area contributed by atoms with Gasteiger partial charge in [0.25, 0.3) is 5.91 Å². The Kier molecular flexibility index (Phi) is 4.15.